The zero-order chi connectivity index (χ0) is 27.4. The molecule has 206 valence electrons. The van der Waals surface area contributed by atoms with Crippen LogP contribution in [0.25, 0.3) is 0 Å². The van der Waals surface area contributed by atoms with E-state index in [0.29, 0.717) is 5.92 Å². The van der Waals surface area contributed by atoms with E-state index in [9.17, 15) is 8.42 Å². The van der Waals surface area contributed by atoms with E-state index in [0.717, 1.165) is 55.9 Å². The van der Waals surface area contributed by atoms with E-state index < -0.39 is 20.1 Å². The fraction of sp³-hybridized carbons (Fsp3) is 0.500. The van der Waals surface area contributed by atoms with E-state index in [1.165, 1.54) is 31.8 Å². The van der Waals surface area contributed by atoms with Crippen molar-refractivity contribution in [2.45, 2.75) is 63.7 Å². The first-order valence-corrected chi connectivity index (χ1v) is 14.7. The average molecular weight is 563 g/mol. The number of anilines is 3. The van der Waals surface area contributed by atoms with E-state index in [-0.39, 0.29) is 28.6 Å². The van der Waals surface area contributed by atoms with Crippen molar-refractivity contribution in [3.63, 3.8) is 0 Å². The van der Waals surface area contributed by atoms with Crippen molar-refractivity contribution in [2.24, 2.45) is 0 Å². The Morgan fingerprint density at radius 3 is 2.58 bits per heavy atom. The van der Waals surface area contributed by atoms with Crippen LogP contribution in [0.4, 0.5) is 17.5 Å². The zero-order valence-electron chi connectivity index (χ0n) is 22.1. The molecular weight excluding hydrogens is 528 g/mol. The fourth-order valence-electron chi connectivity index (χ4n) is 4.17. The largest absolute Gasteiger partial charge is 0.488 e. The Balaban J connectivity index is 1.62. The van der Waals surface area contributed by atoms with Gasteiger partial charge in [-0.25, -0.2) is 13.4 Å². The summed E-state index contributed by atoms with van der Waals surface area (Å²) in [6.07, 6.45) is 7.02. The minimum atomic E-state index is -3.83. The molecule has 4 rings (SSSR count). The number of ether oxygens (including phenoxy) is 2. The second kappa shape index (κ2) is 11.9. The smallest absolute Gasteiger partial charge is 0.229 e. The molecular formula is C26H35ClN6O4S. The van der Waals surface area contributed by atoms with E-state index in [1.807, 2.05) is 6.07 Å². The molecule has 4 N–H and O–H groups in total. The summed E-state index contributed by atoms with van der Waals surface area (Å²) in [6, 6.07) is 4.16. The Bertz CT molecular complexity index is 1320. The fourth-order valence-corrected chi connectivity index (χ4v) is 5.19. The summed E-state index contributed by atoms with van der Waals surface area (Å²) in [5.41, 5.74) is 3.16. The zero-order valence-corrected chi connectivity index (χ0v) is 23.7. The van der Waals surface area contributed by atoms with Gasteiger partial charge in [0.05, 0.1) is 28.9 Å². The third-order valence-electron chi connectivity index (χ3n) is 6.53. The first kappa shape index (κ1) is 28.1. The van der Waals surface area contributed by atoms with Crippen LogP contribution in [-0.2, 0) is 14.6 Å². The topological polar surface area (TPSA) is 138 Å². The van der Waals surface area contributed by atoms with Crippen LogP contribution in [0.1, 0.15) is 56.6 Å². The monoisotopic (exact) mass is 562 g/mol. The molecule has 38 heavy (non-hydrogen) atoms. The van der Waals surface area contributed by atoms with Crippen LogP contribution >= 0.6 is 11.6 Å². The predicted molar refractivity (Wildman–Crippen MR) is 150 cm³/mol. The summed E-state index contributed by atoms with van der Waals surface area (Å²) < 4.78 is 37.0. The number of nitrogens with one attached hydrogen (secondary N) is 4. The number of sulfone groups is 1. The number of hydrogen-bond donors (Lipinski definition) is 4. The highest BCUT2D eigenvalue weighted by molar-refractivity contribution is 8.07. The van der Waals surface area contributed by atoms with Crippen LogP contribution < -0.4 is 20.7 Å². The summed E-state index contributed by atoms with van der Waals surface area (Å²) in [5.74, 6) is 1.58. The Morgan fingerprint density at radius 1 is 1.24 bits per heavy atom. The van der Waals surface area contributed by atoms with Crippen LogP contribution in [-0.4, -0.2) is 55.0 Å². The number of hydrogen-bond acceptors (Lipinski definition) is 10. The molecule has 1 aliphatic carbocycles. The summed E-state index contributed by atoms with van der Waals surface area (Å²) in [7, 11) is -2.22. The van der Waals surface area contributed by atoms with E-state index in [2.05, 4.69) is 38.9 Å². The molecule has 2 fully saturated rings. The molecule has 0 radical (unpaired) electrons. The molecule has 2 heterocycles. The lowest BCUT2D eigenvalue weighted by molar-refractivity contribution is 0.0851. The van der Waals surface area contributed by atoms with Crippen molar-refractivity contribution in [2.75, 3.05) is 30.9 Å². The maximum Gasteiger partial charge on any atom is 0.229 e. The van der Waals surface area contributed by atoms with Crippen LogP contribution in [0.5, 0.6) is 5.75 Å². The molecule has 0 spiro atoms. The number of benzene rings is 1. The Labute approximate surface area is 229 Å². The molecule has 1 saturated carbocycles. The normalized spacial score (nSPS) is 16.8. The second-order valence-corrected chi connectivity index (χ2v) is 12.7. The average Bonchev–Trinajstić information content (AvgIpc) is 3.71. The van der Waals surface area contributed by atoms with Gasteiger partial charge in [0, 0.05) is 26.5 Å². The van der Waals surface area contributed by atoms with Crippen molar-refractivity contribution >= 4 is 43.9 Å². The van der Waals surface area contributed by atoms with E-state index >= 15 is 0 Å². The van der Waals surface area contributed by atoms with Gasteiger partial charge >= 0.3 is 0 Å². The minimum Gasteiger partial charge on any atom is -0.488 e. The molecule has 10 nitrogen and oxygen atoms in total. The lowest BCUT2D eigenvalue weighted by Crippen LogP contribution is -2.28. The van der Waals surface area contributed by atoms with Crippen molar-refractivity contribution in [3.8, 4) is 5.75 Å². The molecule has 2 aliphatic rings. The van der Waals surface area contributed by atoms with Gasteiger partial charge in [0.25, 0.3) is 0 Å². The molecule has 12 heteroatoms. The van der Waals surface area contributed by atoms with Crippen LogP contribution in [0, 0.1) is 12.3 Å². The SMILES string of the molecule is CN/C=C(/Nc1nc(Nc2cc(C)c(C3CCOCC3)cc2OC2CC2)ncc1Cl)C(=N)S(=O)(=O)C(C)C. The van der Waals surface area contributed by atoms with Crippen molar-refractivity contribution < 1.29 is 17.9 Å². The third-order valence-corrected chi connectivity index (χ3v) is 8.84. The Kier molecular flexibility index (Phi) is 8.79. The number of aromatic nitrogens is 2. The van der Waals surface area contributed by atoms with Crippen LogP contribution in [0.15, 0.2) is 30.2 Å². The van der Waals surface area contributed by atoms with Gasteiger partial charge in [0.15, 0.2) is 20.7 Å². The molecule has 1 aromatic carbocycles. The molecule has 2 aromatic rings. The van der Waals surface area contributed by atoms with Crippen LogP contribution in [0.2, 0.25) is 5.02 Å². The van der Waals surface area contributed by atoms with Gasteiger partial charge in [0.1, 0.15) is 10.8 Å². The van der Waals surface area contributed by atoms with Gasteiger partial charge in [-0.1, -0.05) is 11.6 Å². The van der Waals surface area contributed by atoms with Crippen molar-refractivity contribution in [1.82, 2.24) is 15.3 Å². The van der Waals surface area contributed by atoms with Crippen molar-refractivity contribution in [1.29, 1.82) is 5.41 Å². The maximum atomic E-state index is 12.6. The summed E-state index contributed by atoms with van der Waals surface area (Å²) >= 11 is 6.35. The first-order valence-electron chi connectivity index (χ1n) is 12.8. The molecule has 1 saturated heterocycles. The molecule has 1 aliphatic heterocycles. The van der Waals surface area contributed by atoms with Gasteiger partial charge in [-0.3, -0.25) is 5.41 Å². The summed E-state index contributed by atoms with van der Waals surface area (Å²) in [6.45, 7) is 6.66. The molecule has 0 unspecified atom stereocenters. The Hall–Kier alpha value is -2.89. The Morgan fingerprint density at radius 2 is 1.95 bits per heavy atom. The first-order chi connectivity index (χ1) is 18.1. The quantitative estimate of drug-likeness (QED) is 0.235. The van der Waals surface area contributed by atoms with Gasteiger partial charge in [-0.15, -0.1) is 0 Å². The minimum absolute atomic E-state index is 0.0159. The lowest BCUT2D eigenvalue weighted by atomic mass is 9.88. The van der Waals surface area contributed by atoms with Gasteiger partial charge in [-0.2, -0.15) is 4.98 Å². The van der Waals surface area contributed by atoms with Crippen LogP contribution in [0.3, 0.4) is 0 Å². The van der Waals surface area contributed by atoms with E-state index in [1.54, 1.807) is 7.05 Å². The second-order valence-electron chi connectivity index (χ2n) is 9.82. The molecule has 0 bridgehead atoms. The maximum absolute atomic E-state index is 12.6. The highest BCUT2D eigenvalue weighted by Crippen LogP contribution is 2.39. The summed E-state index contributed by atoms with van der Waals surface area (Å²) in [5, 5.41) is 16.0. The standard InChI is InChI=1S/C26H35ClN6O4S/c1-15(2)38(34,35)24(28)22(14-29-4)31-25-20(27)13-30-26(33-25)32-21-11-16(3)19(17-7-9-36-10-8-17)12-23(21)37-18-5-6-18/h11-15,17-18,28-29H,5-10H2,1-4H3,(H2,30,31,32,33)/b22-14+,28-24?. The van der Waals surface area contributed by atoms with Gasteiger partial charge in [-0.05, 0) is 75.6 Å². The number of rotatable bonds is 10. The number of halogens is 1. The number of nitrogens with zero attached hydrogens (tertiary/aromatic N) is 2. The van der Waals surface area contributed by atoms with Gasteiger partial charge in [0.2, 0.25) is 5.95 Å². The van der Waals surface area contributed by atoms with Gasteiger partial charge < -0.3 is 25.4 Å². The molecule has 1 aromatic heterocycles. The lowest BCUT2D eigenvalue weighted by Gasteiger charge is -2.25. The highest BCUT2D eigenvalue weighted by Gasteiger charge is 2.28. The molecule has 0 atom stereocenters. The predicted octanol–water partition coefficient (Wildman–Crippen LogP) is 4.89. The third kappa shape index (κ3) is 6.57. The summed E-state index contributed by atoms with van der Waals surface area (Å²) in [4.78, 5) is 8.79. The highest BCUT2D eigenvalue weighted by atomic mass is 35.5. The van der Waals surface area contributed by atoms with Crippen molar-refractivity contribution in [3.05, 3.63) is 46.4 Å². The van der Waals surface area contributed by atoms with E-state index in [4.69, 9.17) is 26.5 Å². The molecule has 0 amide bonds. The number of aryl methyl sites for hydroxylation is 1.